The fraction of sp³-hybridized carbons (Fsp3) is 0.450. The molecule has 1 aliphatic rings. The molecule has 3 rings (SSSR count). The first-order chi connectivity index (χ1) is 12.3. The fourth-order valence-corrected chi connectivity index (χ4v) is 5.17. The minimum Gasteiger partial charge on any atom is -0.363 e. The van der Waals surface area contributed by atoms with Gasteiger partial charge < -0.3 is 4.90 Å². The number of aromatic nitrogens is 1. The predicted octanol–water partition coefficient (Wildman–Crippen LogP) is 3.68. The third-order valence-corrected chi connectivity index (χ3v) is 6.96. The number of nitrogens with zero attached hydrogens (tertiary/aromatic N) is 3. The Kier molecular flexibility index (Phi) is 5.34. The minimum atomic E-state index is -3.52. The normalized spacial score (nSPS) is 18.7. The van der Waals surface area contributed by atoms with Crippen LogP contribution in [-0.4, -0.2) is 38.3 Å². The Bertz CT molecular complexity index is 876. The molecule has 0 unspecified atom stereocenters. The van der Waals surface area contributed by atoms with Crippen LogP contribution in [0, 0.1) is 13.8 Å². The molecule has 0 N–H and O–H groups in total. The summed E-state index contributed by atoms with van der Waals surface area (Å²) in [6.45, 7) is 4.55. The maximum absolute atomic E-state index is 13.3. The van der Waals surface area contributed by atoms with Crippen LogP contribution in [-0.2, 0) is 10.0 Å². The molecule has 140 valence electrons. The Labute approximate surface area is 156 Å². The van der Waals surface area contributed by atoms with E-state index in [0.29, 0.717) is 11.4 Å². The molecule has 6 heteroatoms. The maximum Gasteiger partial charge on any atom is 0.243 e. The molecule has 1 aliphatic heterocycles. The van der Waals surface area contributed by atoms with Gasteiger partial charge in [-0.05, 0) is 56.0 Å². The van der Waals surface area contributed by atoms with Crippen LogP contribution >= 0.6 is 0 Å². The molecule has 1 aromatic heterocycles. The number of piperidine rings is 1. The molecule has 1 fully saturated rings. The van der Waals surface area contributed by atoms with Gasteiger partial charge >= 0.3 is 0 Å². The van der Waals surface area contributed by atoms with Gasteiger partial charge in [-0.3, -0.25) is 0 Å². The lowest BCUT2D eigenvalue weighted by molar-refractivity contribution is 0.255. The second kappa shape index (κ2) is 7.37. The fourth-order valence-electron chi connectivity index (χ4n) is 3.49. The summed E-state index contributed by atoms with van der Waals surface area (Å²) < 4.78 is 28.2. The van der Waals surface area contributed by atoms with Gasteiger partial charge in [0.1, 0.15) is 5.82 Å². The average molecular weight is 374 g/mol. The molecule has 1 saturated heterocycles. The molecule has 26 heavy (non-hydrogen) atoms. The molecule has 0 bridgehead atoms. The van der Waals surface area contributed by atoms with Crippen LogP contribution in [0.5, 0.6) is 0 Å². The third-order valence-electron chi connectivity index (χ3n) is 5.04. The topological polar surface area (TPSA) is 53.5 Å². The number of sulfonamides is 1. The summed E-state index contributed by atoms with van der Waals surface area (Å²) in [5.74, 6) is 0.884. The molecule has 0 spiro atoms. The van der Waals surface area contributed by atoms with Gasteiger partial charge in [0.15, 0.2) is 0 Å². The summed E-state index contributed by atoms with van der Waals surface area (Å²) in [5, 5.41) is 0. The number of hydrogen-bond donors (Lipinski definition) is 0. The highest BCUT2D eigenvalue weighted by Gasteiger charge is 2.35. The summed E-state index contributed by atoms with van der Waals surface area (Å²) in [7, 11) is 0.385. The van der Waals surface area contributed by atoms with Crippen LogP contribution in [0.1, 0.15) is 42.0 Å². The van der Waals surface area contributed by atoms with Crippen molar-refractivity contribution < 1.29 is 8.42 Å². The number of pyridine rings is 1. The molecule has 0 amide bonds. The highest BCUT2D eigenvalue weighted by molar-refractivity contribution is 7.89. The summed E-state index contributed by atoms with van der Waals surface area (Å²) in [5.41, 5.74) is 3.14. The molecule has 1 aromatic carbocycles. The first-order valence-corrected chi connectivity index (χ1v) is 10.5. The van der Waals surface area contributed by atoms with Crippen molar-refractivity contribution in [3.8, 4) is 0 Å². The van der Waals surface area contributed by atoms with Crippen molar-refractivity contribution >= 4 is 15.8 Å². The Balaban J connectivity index is 1.99. The lowest BCUT2D eigenvalue weighted by atomic mass is 9.95. The molecular weight excluding hydrogens is 346 g/mol. The Morgan fingerprint density at radius 1 is 1.12 bits per heavy atom. The van der Waals surface area contributed by atoms with E-state index in [4.69, 9.17) is 0 Å². The molecule has 5 nitrogen and oxygen atoms in total. The lowest BCUT2D eigenvalue weighted by Gasteiger charge is -2.35. The van der Waals surface area contributed by atoms with Crippen LogP contribution in [0.2, 0.25) is 0 Å². The number of aryl methyl sites for hydroxylation is 2. The van der Waals surface area contributed by atoms with Gasteiger partial charge in [-0.2, -0.15) is 4.31 Å². The molecule has 2 aromatic rings. The third kappa shape index (κ3) is 3.62. The number of rotatable bonds is 4. The Hall–Kier alpha value is -1.92. The van der Waals surface area contributed by atoms with Gasteiger partial charge in [-0.25, -0.2) is 13.4 Å². The number of anilines is 1. The smallest absolute Gasteiger partial charge is 0.243 e. The Morgan fingerprint density at radius 2 is 1.81 bits per heavy atom. The number of benzene rings is 1. The second-order valence-electron chi connectivity index (χ2n) is 7.23. The van der Waals surface area contributed by atoms with Crippen LogP contribution in [0.25, 0.3) is 0 Å². The van der Waals surface area contributed by atoms with Crippen molar-refractivity contribution in [1.29, 1.82) is 0 Å². The van der Waals surface area contributed by atoms with E-state index >= 15 is 0 Å². The van der Waals surface area contributed by atoms with Crippen molar-refractivity contribution in [2.45, 2.75) is 44.0 Å². The van der Waals surface area contributed by atoms with Crippen molar-refractivity contribution in [3.63, 3.8) is 0 Å². The van der Waals surface area contributed by atoms with E-state index in [9.17, 15) is 8.42 Å². The van der Waals surface area contributed by atoms with Gasteiger partial charge in [0, 0.05) is 26.8 Å². The van der Waals surface area contributed by atoms with Gasteiger partial charge in [0.25, 0.3) is 0 Å². The zero-order valence-corrected chi connectivity index (χ0v) is 16.8. The zero-order valence-electron chi connectivity index (χ0n) is 15.9. The second-order valence-corrected chi connectivity index (χ2v) is 9.12. The van der Waals surface area contributed by atoms with Crippen molar-refractivity contribution in [2.24, 2.45) is 0 Å². The molecule has 2 heterocycles. The zero-order chi connectivity index (χ0) is 18.9. The van der Waals surface area contributed by atoms with E-state index in [1.165, 1.54) is 0 Å². The van der Waals surface area contributed by atoms with E-state index in [2.05, 4.69) is 4.98 Å². The quantitative estimate of drug-likeness (QED) is 0.820. The molecular formula is C20H27N3O2S. The first-order valence-electron chi connectivity index (χ1n) is 9.03. The Morgan fingerprint density at radius 3 is 2.42 bits per heavy atom. The van der Waals surface area contributed by atoms with E-state index in [1.807, 2.05) is 57.2 Å². The van der Waals surface area contributed by atoms with Crippen LogP contribution in [0.15, 0.2) is 41.4 Å². The maximum atomic E-state index is 13.3. The molecule has 1 atom stereocenters. The monoisotopic (exact) mass is 373 g/mol. The molecule has 0 aliphatic carbocycles. The van der Waals surface area contributed by atoms with Crippen molar-refractivity contribution in [1.82, 2.24) is 9.29 Å². The lowest BCUT2D eigenvalue weighted by Crippen LogP contribution is -2.38. The highest BCUT2D eigenvalue weighted by atomic mass is 32.2. The highest BCUT2D eigenvalue weighted by Crippen LogP contribution is 2.37. The van der Waals surface area contributed by atoms with Gasteiger partial charge in [-0.15, -0.1) is 0 Å². The predicted molar refractivity (Wildman–Crippen MR) is 105 cm³/mol. The van der Waals surface area contributed by atoms with Crippen LogP contribution in [0.3, 0.4) is 0 Å². The average Bonchev–Trinajstić information content (AvgIpc) is 2.62. The summed E-state index contributed by atoms with van der Waals surface area (Å²) in [6, 6.07) is 8.99. The van der Waals surface area contributed by atoms with E-state index in [-0.39, 0.29) is 6.04 Å². The van der Waals surface area contributed by atoms with Crippen molar-refractivity contribution in [2.75, 3.05) is 25.5 Å². The van der Waals surface area contributed by atoms with Crippen molar-refractivity contribution in [3.05, 3.63) is 53.2 Å². The van der Waals surface area contributed by atoms with Gasteiger partial charge in [0.05, 0.1) is 10.9 Å². The SMILES string of the molecule is Cc1ccc(S(=O)(=O)N2CCCC[C@@H]2c2cnc(N(C)C)cc2C)cc1. The van der Waals surface area contributed by atoms with E-state index in [0.717, 1.165) is 41.8 Å². The summed E-state index contributed by atoms with van der Waals surface area (Å²) in [4.78, 5) is 6.84. The largest absolute Gasteiger partial charge is 0.363 e. The summed E-state index contributed by atoms with van der Waals surface area (Å²) in [6.07, 6.45) is 4.59. The molecule has 0 saturated carbocycles. The van der Waals surface area contributed by atoms with Crippen LogP contribution < -0.4 is 4.90 Å². The van der Waals surface area contributed by atoms with Gasteiger partial charge in [-0.1, -0.05) is 24.1 Å². The van der Waals surface area contributed by atoms with E-state index < -0.39 is 10.0 Å². The van der Waals surface area contributed by atoms with Gasteiger partial charge in [0.2, 0.25) is 10.0 Å². The molecule has 0 radical (unpaired) electrons. The standard InChI is InChI=1S/C20H27N3O2S/c1-15-8-10-17(11-9-15)26(24,25)23-12-6-5-7-19(23)18-14-21-20(22(3)4)13-16(18)2/h8-11,13-14,19H,5-7,12H2,1-4H3/t19-/m1/s1. The number of hydrogen-bond acceptors (Lipinski definition) is 4. The summed E-state index contributed by atoms with van der Waals surface area (Å²) >= 11 is 0. The minimum absolute atomic E-state index is 0.154. The van der Waals surface area contributed by atoms with E-state index in [1.54, 1.807) is 16.4 Å². The first kappa shape index (κ1) is 18.9. The van der Waals surface area contributed by atoms with Crippen LogP contribution in [0.4, 0.5) is 5.82 Å².